The van der Waals surface area contributed by atoms with Crippen LogP contribution in [-0.4, -0.2) is 47.7 Å². The number of rotatable bonds is 6. The van der Waals surface area contributed by atoms with Gasteiger partial charge in [0.15, 0.2) is 0 Å². The molecule has 1 aromatic rings. The van der Waals surface area contributed by atoms with Crippen molar-refractivity contribution in [3.05, 3.63) is 28.3 Å². The summed E-state index contributed by atoms with van der Waals surface area (Å²) in [6.07, 6.45) is 3.11. The maximum Gasteiger partial charge on any atom is 0.211 e. The van der Waals surface area contributed by atoms with Crippen molar-refractivity contribution >= 4 is 32.4 Å². The molecular formula is C15H22ClNO4S2. The van der Waals surface area contributed by atoms with E-state index in [0.717, 1.165) is 18.2 Å². The maximum absolute atomic E-state index is 12.3. The zero-order valence-electron chi connectivity index (χ0n) is 13.6. The van der Waals surface area contributed by atoms with E-state index in [1.54, 1.807) is 19.2 Å². The third-order valence-electron chi connectivity index (χ3n) is 4.33. The number of benzene rings is 1. The maximum atomic E-state index is 12.3. The molecule has 1 aliphatic rings. The molecule has 0 aliphatic heterocycles. The van der Waals surface area contributed by atoms with E-state index in [1.807, 2.05) is 6.07 Å². The Bertz CT molecular complexity index is 733. The Morgan fingerprint density at radius 3 is 2.52 bits per heavy atom. The molecule has 0 bridgehead atoms. The van der Waals surface area contributed by atoms with Gasteiger partial charge in [-0.25, -0.2) is 12.7 Å². The monoisotopic (exact) mass is 379 g/mol. The van der Waals surface area contributed by atoms with E-state index in [9.17, 15) is 17.7 Å². The van der Waals surface area contributed by atoms with Gasteiger partial charge in [-0.3, -0.25) is 4.21 Å². The molecule has 0 spiro atoms. The molecule has 1 fully saturated rings. The summed E-state index contributed by atoms with van der Waals surface area (Å²) in [5, 5.41) is 10.1. The first-order chi connectivity index (χ1) is 10.5. The van der Waals surface area contributed by atoms with Crippen LogP contribution < -0.4 is 0 Å². The smallest absolute Gasteiger partial charge is 0.211 e. The molecule has 0 heterocycles. The number of halogens is 1. The van der Waals surface area contributed by atoms with Gasteiger partial charge in [-0.1, -0.05) is 17.7 Å². The lowest BCUT2D eigenvalue weighted by Crippen LogP contribution is -2.26. The van der Waals surface area contributed by atoms with Gasteiger partial charge in [0.25, 0.3) is 0 Å². The Morgan fingerprint density at radius 1 is 1.48 bits per heavy atom. The largest absolute Gasteiger partial charge is 0.393 e. The third-order valence-corrected chi connectivity index (χ3v) is 7.00. The summed E-state index contributed by atoms with van der Waals surface area (Å²) in [7, 11) is -3.20. The van der Waals surface area contributed by atoms with Crippen molar-refractivity contribution in [2.75, 3.05) is 19.6 Å². The molecule has 0 radical (unpaired) electrons. The van der Waals surface area contributed by atoms with Crippen molar-refractivity contribution in [1.82, 2.24) is 4.31 Å². The number of aliphatic hydroxyl groups is 1. The van der Waals surface area contributed by atoms with E-state index in [2.05, 4.69) is 0 Å². The van der Waals surface area contributed by atoms with Crippen LogP contribution in [0.5, 0.6) is 0 Å². The predicted molar refractivity (Wildman–Crippen MR) is 92.6 cm³/mol. The summed E-state index contributed by atoms with van der Waals surface area (Å²) in [5.41, 5.74) is 1.48. The van der Waals surface area contributed by atoms with Gasteiger partial charge in [-0.2, -0.15) is 0 Å². The predicted octanol–water partition coefficient (Wildman–Crippen LogP) is 1.95. The highest BCUT2D eigenvalue weighted by molar-refractivity contribution is 7.88. The fourth-order valence-electron chi connectivity index (χ4n) is 2.85. The average Bonchev–Trinajstić information content (AvgIpc) is 3.19. The molecule has 4 unspecified atom stereocenters. The van der Waals surface area contributed by atoms with E-state index >= 15 is 0 Å². The van der Waals surface area contributed by atoms with Crippen LogP contribution in [0.4, 0.5) is 0 Å². The topological polar surface area (TPSA) is 74.7 Å². The Labute approximate surface area is 145 Å². The number of aliphatic hydroxyl groups excluding tert-OH is 1. The van der Waals surface area contributed by atoms with Gasteiger partial charge in [-0.05, 0) is 36.8 Å². The van der Waals surface area contributed by atoms with E-state index in [4.69, 9.17) is 11.6 Å². The molecule has 1 N–H and O–H groups in total. The van der Waals surface area contributed by atoms with E-state index in [0.29, 0.717) is 15.5 Å². The van der Waals surface area contributed by atoms with Crippen molar-refractivity contribution < 1.29 is 17.7 Å². The Morgan fingerprint density at radius 2 is 2.09 bits per heavy atom. The fourth-order valence-corrected chi connectivity index (χ4v) is 4.56. The summed E-state index contributed by atoms with van der Waals surface area (Å²) in [4.78, 5) is 0.598. The van der Waals surface area contributed by atoms with Crippen LogP contribution in [0.15, 0.2) is 17.0 Å². The molecule has 130 valence electrons. The summed E-state index contributed by atoms with van der Waals surface area (Å²) in [5.74, 6) is 0.299. The van der Waals surface area contributed by atoms with E-state index < -0.39 is 26.9 Å². The van der Waals surface area contributed by atoms with Gasteiger partial charge in [0.2, 0.25) is 10.0 Å². The first-order valence-corrected chi connectivity index (χ1v) is 11.1. The molecule has 23 heavy (non-hydrogen) atoms. The number of sulfonamides is 1. The Kier molecular flexibility index (Phi) is 5.58. The second-order valence-corrected chi connectivity index (χ2v) is 9.98. The van der Waals surface area contributed by atoms with Crippen LogP contribution in [0.3, 0.4) is 0 Å². The van der Waals surface area contributed by atoms with Crippen LogP contribution in [0, 0.1) is 5.92 Å². The first kappa shape index (κ1) is 18.9. The Balaban J connectivity index is 2.47. The zero-order valence-corrected chi connectivity index (χ0v) is 16.0. The molecule has 2 rings (SSSR count). The van der Waals surface area contributed by atoms with Crippen molar-refractivity contribution in [2.24, 2.45) is 5.92 Å². The minimum atomic E-state index is -3.37. The molecule has 8 heteroatoms. The van der Waals surface area contributed by atoms with E-state index in [-0.39, 0.29) is 18.4 Å². The molecular weight excluding hydrogens is 358 g/mol. The van der Waals surface area contributed by atoms with Gasteiger partial charge < -0.3 is 5.11 Å². The van der Waals surface area contributed by atoms with Gasteiger partial charge in [0.05, 0.1) is 23.2 Å². The zero-order chi connectivity index (χ0) is 17.5. The van der Waals surface area contributed by atoms with Crippen LogP contribution >= 0.6 is 11.6 Å². The fraction of sp³-hybridized carbons (Fsp3) is 0.600. The minimum absolute atomic E-state index is 0.0759. The number of hydrogen-bond acceptors (Lipinski definition) is 4. The SMILES string of the molecule is CC(O)C1CC1c1ccc(Cl)c(CN(C)S(C)(=O)=O)c1S(C)=O. The summed E-state index contributed by atoms with van der Waals surface area (Å²) >= 11 is 6.26. The number of hydrogen-bond donors (Lipinski definition) is 1. The van der Waals surface area contributed by atoms with Crippen molar-refractivity contribution in [3.8, 4) is 0 Å². The van der Waals surface area contributed by atoms with Gasteiger partial charge in [0.1, 0.15) is 0 Å². The molecule has 1 aliphatic carbocycles. The summed E-state index contributed by atoms with van der Waals surface area (Å²) in [6, 6.07) is 3.56. The molecule has 5 nitrogen and oxygen atoms in total. The molecule has 0 aromatic heterocycles. The molecule has 1 aromatic carbocycles. The van der Waals surface area contributed by atoms with Crippen molar-refractivity contribution in [2.45, 2.75) is 36.8 Å². The second kappa shape index (κ2) is 6.80. The highest BCUT2D eigenvalue weighted by Crippen LogP contribution is 2.52. The molecule has 0 saturated heterocycles. The summed E-state index contributed by atoms with van der Waals surface area (Å²) in [6.45, 7) is 1.83. The highest BCUT2D eigenvalue weighted by Gasteiger charge is 2.43. The highest BCUT2D eigenvalue weighted by atomic mass is 35.5. The lowest BCUT2D eigenvalue weighted by atomic mass is 10.0. The molecule has 1 saturated carbocycles. The van der Waals surface area contributed by atoms with Crippen LogP contribution in [0.2, 0.25) is 5.02 Å². The van der Waals surface area contributed by atoms with Crippen LogP contribution in [0.25, 0.3) is 0 Å². The Hall–Kier alpha value is -0.470. The van der Waals surface area contributed by atoms with Crippen LogP contribution in [0.1, 0.15) is 30.4 Å². The first-order valence-electron chi connectivity index (χ1n) is 7.28. The minimum Gasteiger partial charge on any atom is -0.393 e. The van der Waals surface area contributed by atoms with Gasteiger partial charge in [-0.15, -0.1) is 0 Å². The third kappa shape index (κ3) is 4.14. The number of nitrogens with zero attached hydrogens (tertiary/aromatic N) is 1. The standard InChI is InChI=1S/C15H22ClNO4S2/c1-9(18)11-7-12(11)10-5-6-14(16)13(15(10)22(3)19)8-17(2)23(4,20)21/h5-6,9,11-12,18H,7-8H2,1-4H3. The lowest BCUT2D eigenvalue weighted by Gasteiger charge is -2.20. The lowest BCUT2D eigenvalue weighted by molar-refractivity contribution is 0.168. The van der Waals surface area contributed by atoms with Gasteiger partial charge in [0, 0.05) is 35.3 Å². The second-order valence-electron chi connectivity index (χ2n) is 6.16. The van der Waals surface area contributed by atoms with Gasteiger partial charge >= 0.3 is 0 Å². The summed E-state index contributed by atoms with van der Waals surface area (Å²) < 4.78 is 36.8. The normalized spacial score (nSPS) is 23.8. The van der Waals surface area contributed by atoms with Crippen LogP contribution in [-0.2, 0) is 27.4 Å². The van der Waals surface area contributed by atoms with E-state index in [1.165, 1.54) is 11.4 Å². The van der Waals surface area contributed by atoms with Crippen molar-refractivity contribution in [3.63, 3.8) is 0 Å². The molecule has 0 amide bonds. The quantitative estimate of drug-likeness (QED) is 0.819. The van der Waals surface area contributed by atoms with Crippen molar-refractivity contribution in [1.29, 1.82) is 0 Å². The molecule has 4 atom stereocenters. The average molecular weight is 380 g/mol.